The van der Waals surface area contributed by atoms with Crippen molar-refractivity contribution in [3.8, 4) is 11.3 Å². The molecule has 2 N–H and O–H groups in total. The van der Waals surface area contributed by atoms with E-state index in [1.807, 2.05) is 0 Å². The maximum atomic E-state index is 14.0. The zero-order chi connectivity index (χ0) is 16.3. The second-order valence-electron chi connectivity index (χ2n) is 5.61. The topological polar surface area (TPSA) is 53.1 Å². The minimum Gasteiger partial charge on any atom is -0.481 e. The van der Waals surface area contributed by atoms with E-state index in [4.69, 9.17) is 5.11 Å². The largest absolute Gasteiger partial charge is 0.481 e. The Labute approximate surface area is 128 Å². The van der Waals surface area contributed by atoms with E-state index in [1.54, 1.807) is 0 Å². The number of nitrogens with one attached hydrogen (secondary N) is 1. The number of rotatable bonds is 2. The molecule has 0 amide bonds. The van der Waals surface area contributed by atoms with Crippen molar-refractivity contribution in [2.24, 2.45) is 0 Å². The monoisotopic (exact) mass is 317 g/mol. The lowest BCUT2D eigenvalue weighted by atomic mass is 9.92. The molecule has 1 heterocycles. The summed E-state index contributed by atoms with van der Waals surface area (Å²) in [7, 11) is 0. The molecule has 3 aromatic rings. The number of carboxylic acids is 1. The molecule has 0 radical (unpaired) electrons. The predicted octanol–water partition coefficient (Wildman–Crippen LogP) is 4.17. The molecule has 0 spiro atoms. The third-order valence-corrected chi connectivity index (χ3v) is 4.25. The van der Waals surface area contributed by atoms with Gasteiger partial charge in [0, 0.05) is 22.9 Å². The van der Waals surface area contributed by atoms with Gasteiger partial charge in [0.25, 0.3) is 0 Å². The summed E-state index contributed by atoms with van der Waals surface area (Å²) in [4.78, 5) is 14.1. The lowest BCUT2D eigenvalue weighted by Gasteiger charge is -2.11. The van der Waals surface area contributed by atoms with Crippen molar-refractivity contribution < 1.29 is 23.1 Å². The Morgan fingerprint density at radius 3 is 2.65 bits per heavy atom. The second kappa shape index (κ2) is 4.62. The van der Waals surface area contributed by atoms with Crippen LogP contribution in [0, 0.1) is 17.5 Å². The van der Waals surface area contributed by atoms with Crippen molar-refractivity contribution in [1.82, 2.24) is 4.98 Å². The maximum absolute atomic E-state index is 14.0. The molecule has 0 aliphatic heterocycles. The fourth-order valence-electron chi connectivity index (χ4n) is 3.41. The number of hydrogen-bond donors (Lipinski definition) is 2. The van der Waals surface area contributed by atoms with Crippen molar-refractivity contribution in [3.05, 3.63) is 58.9 Å². The smallest absolute Gasteiger partial charge is 0.304 e. The van der Waals surface area contributed by atoms with Crippen LogP contribution in [-0.2, 0) is 4.79 Å². The summed E-state index contributed by atoms with van der Waals surface area (Å²) in [5.74, 6) is -3.68. The average molecular weight is 317 g/mol. The van der Waals surface area contributed by atoms with Crippen LogP contribution in [0.15, 0.2) is 30.3 Å². The summed E-state index contributed by atoms with van der Waals surface area (Å²) in [5, 5.41) is 9.45. The van der Waals surface area contributed by atoms with Crippen LogP contribution in [0.2, 0.25) is 0 Å². The van der Waals surface area contributed by atoms with Crippen molar-refractivity contribution in [3.63, 3.8) is 0 Å². The Balaban J connectivity index is 2.07. The highest BCUT2D eigenvalue weighted by molar-refractivity contribution is 5.96. The fourth-order valence-corrected chi connectivity index (χ4v) is 3.41. The summed E-state index contributed by atoms with van der Waals surface area (Å²) in [6.07, 6.45) is -0.283. The number of aromatic nitrogens is 1. The number of fused-ring (bicyclic) bond motifs is 5. The van der Waals surface area contributed by atoms with Crippen LogP contribution in [0.25, 0.3) is 22.2 Å². The first-order chi connectivity index (χ1) is 11.0. The summed E-state index contributed by atoms with van der Waals surface area (Å²) in [5.41, 5.74) is 2.28. The molecular weight excluding hydrogens is 307 g/mol. The van der Waals surface area contributed by atoms with Gasteiger partial charge >= 0.3 is 5.97 Å². The van der Waals surface area contributed by atoms with Crippen molar-refractivity contribution in [1.29, 1.82) is 0 Å². The zero-order valence-electron chi connectivity index (χ0n) is 11.7. The molecule has 6 heteroatoms. The van der Waals surface area contributed by atoms with E-state index in [9.17, 15) is 18.0 Å². The first-order valence-corrected chi connectivity index (χ1v) is 6.98. The van der Waals surface area contributed by atoms with Crippen LogP contribution in [0.1, 0.15) is 23.5 Å². The van der Waals surface area contributed by atoms with Crippen LogP contribution in [0.5, 0.6) is 0 Å². The van der Waals surface area contributed by atoms with Gasteiger partial charge in [0.15, 0.2) is 0 Å². The van der Waals surface area contributed by atoms with E-state index in [-0.39, 0.29) is 11.9 Å². The quantitative estimate of drug-likeness (QED) is 0.745. The van der Waals surface area contributed by atoms with Crippen molar-refractivity contribution in [2.45, 2.75) is 12.3 Å². The molecule has 1 atom stereocenters. The molecule has 116 valence electrons. The van der Waals surface area contributed by atoms with Crippen LogP contribution in [0.4, 0.5) is 13.2 Å². The van der Waals surface area contributed by atoms with Crippen molar-refractivity contribution in [2.75, 3.05) is 0 Å². The fraction of sp³-hybridized carbons (Fsp3) is 0.118. The Kier molecular flexibility index (Phi) is 2.78. The van der Waals surface area contributed by atoms with Crippen LogP contribution in [-0.4, -0.2) is 16.1 Å². The lowest BCUT2D eigenvalue weighted by molar-refractivity contribution is -0.137. The number of aromatic amines is 1. The summed E-state index contributed by atoms with van der Waals surface area (Å²) in [6, 6.07) is 6.00. The molecule has 0 saturated heterocycles. The molecule has 1 aliphatic carbocycles. The number of hydrogen-bond acceptors (Lipinski definition) is 1. The third-order valence-electron chi connectivity index (χ3n) is 4.25. The Morgan fingerprint density at radius 2 is 1.91 bits per heavy atom. The summed E-state index contributed by atoms with van der Waals surface area (Å²) >= 11 is 0. The zero-order valence-corrected chi connectivity index (χ0v) is 11.7. The highest BCUT2D eigenvalue weighted by Gasteiger charge is 2.34. The van der Waals surface area contributed by atoms with E-state index in [0.717, 1.165) is 6.07 Å². The number of aliphatic carboxylic acids is 1. The van der Waals surface area contributed by atoms with Crippen LogP contribution < -0.4 is 0 Å². The van der Waals surface area contributed by atoms with Crippen LogP contribution >= 0.6 is 0 Å². The molecule has 23 heavy (non-hydrogen) atoms. The van der Waals surface area contributed by atoms with Crippen LogP contribution in [0.3, 0.4) is 0 Å². The highest BCUT2D eigenvalue weighted by Crippen LogP contribution is 2.49. The van der Waals surface area contributed by atoms with Gasteiger partial charge < -0.3 is 10.1 Å². The minimum absolute atomic E-state index is 0.127. The van der Waals surface area contributed by atoms with E-state index in [0.29, 0.717) is 27.8 Å². The van der Waals surface area contributed by atoms with E-state index < -0.39 is 29.3 Å². The Hall–Kier alpha value is -2.76. The first-order valence-electron chi connectivity index (χ1n) is 6.98. The average Bonchev–Trinajstić information content (AvgIpc) is 2.96. The molecule has 2 aromatic carbocycles. The molecule has 1 aromatic heterocycles. The second-order valence-corrected chi connectivity index (χ2v) is 5.61. The normalized spacial score (nSPS) is 15.7. The minimum atomic E-state index is -1.07. The van der Waals surface area contributed by atoms with Gasteiger partial charge in [0.05, 0.1) is 17.6 Å². The molecular formula is C17H10F3NO2. The van der Waals surface area contributed by atoms with E-state index in [1.165, 1.54) is 24.3 Å². The molecule has 4 rings (SSSR count). The molecule has 3 nitrogen and oxygen atoms in total. The molecule has 0 bridgehead atoms. The number of benzene rings is 2. The molecule has 1 unspecified atom stereocenters. The predicted molar refractivity (Wildman–Crippen MR) is 77.7 cm³/mol. The van der Waals surface area contributed by atoms with Gasteiger partial charge in [-0.25, -0.2) is 13.2 Å². The number of H-pyrrole nitrogens is 1. The van der Waals surface area contributed by atoms with Crippen molar-refractivity contribution >= 4 is 16.9 Å². The Bertz CT molecular complexity index is 978. The van der Waals surface area contributed by atoms with Gasteiger partial charge in [-0.3, -0.25) is 4.79 Å². The number of carboxylic acid groups (broad SMARTS) is 1. The summed E-state index contributed by atoms with van der Waals surface area (Å²) < 4.78 is 41.1. The number of halogens is 3. The van der Waals surface area contributed by atoms with E-state index >= 15 is 0 Å². The van der Waals surface area contributed by atoms with Gasteiger partial charge in [0.1, 0.15) is 17.5 Å². The van der Waals surface area contributed by atoms with Gasteiger partial charge in [-0.05, 0) is 35.4 Å². The molecule has 1 aliphatic rings. The molecule has 0 fully saturated rings. The lowest BCUT2D eigenvalue weighted by Crippen LogP contribution is -2.05. The SMILES string of the molecule is O=C(O)CC1c2cc(F)ccc2-c2[nH]c3c(F)cc(F)cc3c21. The maximum Gasteiger partial charge on any atom is 0.304 e. The van der Waals surface area contributed by atoms with Gasteiger partial charge in [0.2, 0.25) is 0 Å². The van der Waals surface area contributed by atoms with Gasteiger partial charge in [-0.1, -0.05) is 0 Å². The van der Waals surface area contributed by atoms with E-state index in [2.05, 4.69) is 4.98 Å². The third kappa shape index (κ3) is 1.94. The Morgan fingerprint density at radius 1 is 1.13 bits per heavy atom. The van der Waals surface area contributed by atoms with Gasteiger partial charge in [-0.15, -0.1) is 0 Å². The number of carbonyl (C=O) groups is 1. The first kappa shape index (κ1) is 13.9. The van der Waals surface area contributed by atoms with Gasteiger partial charge in [-0.2, -0.15) is 0 Å². The summed E-state index contributed by atoms with van der Waals surface area (Å²) in [6.45, 7) is 0. The standard InChI is InChI=1S/C17H10F3NO2/c18-7-1-2-9-10(3-7)11(6-14(22)23)15-12-4-8(19)5-13(20)16(12)21-17(9)15/h1-5,11,21H,6H2,(H,22,23). The highest BCUT2D eigenvalue weighted by atomic mass is 19.1. The molecule has 0 saturated carbocycles.